The smallest absolute Gasteiger partial charge is 0.387 e. The predicted molar refractivity (Wildman–Crippen MR) is 249 cm³/mol. The topological polar surface area (TPSA) is 105 Å². The van der Waals surface area contributed by atoms with Crippen LogP contribution in [-0.2, 0) is 18.4 Å². The first-order valence-corrected chi connectivity index (χ1v) is 25.2. The van der Waals surface area contributed by atoms with Gasteiger partial charge in [-0.3, -0.25) is 13.8 Å². The molecule has 0 saturated heterocycles. The highest BCUT2D eigenvalue weighted by atomic mass is 31.2. The molecule has 0 aromatic heterocycles. The second kappa shape index (κ2) is 40.6. The normalized spacial score (nSPS) is 14.8. The number of quaternary nitrogens is 1. The first kappa shape index (κ1) is 56.2. The number of allylic oxidation sites excluding steroid dienone is 9. The lowest BCUT2D eigenvalue weighted by atomic mass is 10.1. The lowest BCUT2D eigenvalue weighted by Crippen LogP contribution is -2.45. The third kappa shape index (κ3) is 42.3. The van der Waals surface area contributed by atoms with Crippen LogP contribution in [0.1, 0.15) is 194 Å². The van der Waals surface area contributed by atoms with Gasteiger partial charge in [0.1, 0.15) is 13.2 Å². The SMILES string of the molecule is CCCCCC/C=C\C/C=C\CCCCCCCC(=O)NC(COP(=O)(O)OCC[N+](C)(C)C)C(O)/C=C/CC/C=C/CC/C=C/CCCCCCCCCCCC. The third-order valence-electron chi connectivity index (χ3n) is 10.2. The fourth-order valence-electron chi connectivity index (χ4n) is 6.40. The quantitative estimate of drug-likeness (QED) is 0.0245. The molecule has 3 N–H and O–H groups in total. The third-order valence-corrected chi connectivity index (χ3v) is 11.2. The average molecular weight is 836 g/mol. The molecule has 3 atom stereocenters. The zero-order valence-corrected chi connectivity index (χ0v) is 39.2. The number of amides is 1. The van der Waals surface area contributed by atoms with Crippen LogP contribution in [0.3, 0.4) is 0 Å². The number of nitrogens with zero attached hydrogens (tertiary/aromatic N) is 1. The lowest BCUT2D eigenvalue weighted by Gasteiger charge is -2.25. The largest absolute Gasteiger partial charge is 0.472 e. The van der Waals surface area contributed by atoms with Crippen LogP contribution < -0.4 is 5.32 Å². The van der Waals surface area contributed by atoms with E-state index in [0.717, 1.165) is 70.6 Å². The van der Waals surface area contributed by atoms with Crippen molar-refractivity contribution in [3.8, 4) is 0 Å². The summed E-state index contributed by atoms with van der Waals surface area (Å²) in [6.07, 6.45) is 52.9. The molecule has 0 aliphatic heterocycles. The van der Waals surface area contributed by atoms with Gasteiger partial charge in [-0.15, -0.1) is 0 Å². The van der Waals surface area contributed by atoms with Crippen molar-refractivity contribution in [3.63, 3.8) is 0 Å². The Labute approximate surface area is 358 Å². The minimum atomic E-state index is -4.36. The van der Waals surface area contributed by atoms with E-state index in [2.05, 4.69) is 67.8 Å². The predicted octanol–water partition coefficient (Wildman–Crippen LogP) is 13.4. The fourth-order valence-corrected chi connectivity index (χ4v) is 7.13. The Bertz CT molecular complexity index is 1130. The number of nitrogens with one attached hydrogen (secondary N) is 1. The molecule has 0 radical (unpaired) electrons. The first-order valence-electron chi connectivity index (χ1n) is 23.7. The summed E-state index contributed by atoms with van der Waals surface area (Å²) in [4.78, 5) is 23.1. The molecule has 0 spiro atoms. The van der Waals surface area contributed by atoms with Crippen LogP contribution in [0.15, 0.2) is 60.8 Å². The number of phosphoric ester groups is 1. The zero-order chi connectivity index (χ0) is 42.8. The van der Waals surface area contributed by atoms with Crippen LogP contribution in [0.2, 0.25) is 0 Å². The number of hydrogen-bond donors (Lipinski definition) is 3. The van der Waals surface area contributed by atoms with Crippen LogP contribution >= 0.6 is 7.82 Å². The van der Waals surface area contributed by atoms with E-state index < -0.39 is 20.0 Å². The molecule has 0 saturated carbocycles. The van der Waals surface area contributed by atoms with Crippen molar-refractivity contribution in [1.29, 1.82) is 0 Å². The van der Waals surface area contributed by atoms with Gasteiger partial charge in [0.15, 0.2) is 0 Å². The van der Waals surface area contributed by atoms with E-state index in [1.54, 1.807) is 6.08 Å². The fraction of sp³-hybridized carbons (Fsp3) is 0.776. The number of aliphatic hydroxyl groups excluding tert-OH is 1. The van der Waals surface area contributed by atoms with E-state index in [4.69, 9.17) is 9.05 Å². The van der Waals surface area contributed by atoms with Crippen LogP contribution in [0.25, 0.3) is 0 Å². The summed E-state index contributed by atoms with van der Waals surface area (Å²) in [5, 5.41) is 13.8. The molecule has 58 heavy (non-hydrogen) atoms. The van der Waals surface area contributed by atoms with Gasteiger partial charge in [-0.1, -0.05) is 171 Å². The van der Waals surface area contributed by atoms with E-state index >= 15 is 0 Å². The van der Waals surface area contributed by atoms with Gasteiger partial charge in [-0.05, 0) is 77.0 Å². The number of likely N-dealkylation sites (N-methyl/N-ethyl adjacent to an activating group) is 1. The highest BCUT2D eigenvalue weighted by Crippen LogP contribution is 2.43. The lowest BCUT2D eigenvalue weighted by molar-refractivity contribution is -0.870. The number of carbonyl (C=O) groups is 1. The van der Waals surface area contributed by atoms with Crippen molar-refractivity contribution >= 4 is 13.7 Å². The van der Waals surface area contributed by atoms with Gasteiger partial charge in [0, 0.05) is 6.42 Å². The summed E-state index contributed by atoms with van der Waals surface area (Å²) >= 11 is 0. The van der Waals surface area contributed by atoms with Gasteiger partial charge in [0.05, 0.1) is 39.9 Å². The van der Waals surface area contributed by atoms with E-state index in [0.29, 0.717) is 17.4 Å². The summed E-state index contributed by atoms with van der Waals surface area (Å²) in [6, 6.07) is -0.878. The molecule has 0 aromatic rings. The van der Waals surface area contributed by atoms with Gasteiger partial charge in [-0.2, -0.15) is 0 Å². The van der Waals surface area contributed by atoms with Gasteiger partial charge in [0.25, 0.3) is 0 Å². The average Bonchev–Trinajstić information content (AvgIpc) is 3.17. The van der Waals surface area contributed by atoms with Crippen LogP contribution in [-0.4, -0.2) is 73.4 Å². The number of rotatable bonds is 42. The first-order chi connectivity index (χ1) is 28.0. The summed E-state index contributed by atoms with van der Waals surface area (Å²) in [5.41, 5.74) is 0. The second-order valence-corrected chi connectivity index (χ2v) is 18.6. The molecule has 0 aromatic carbocycles. The van der Waals surface area contributed by atoms with E-state index in [1.165, 1.54) is 103 Å². The number of hydrogen-bond acceptors (Lipinski definition) is 5. The van der Waals surface area contributed by atoms with Crippen molar-refractivity contribution in [2.45, 2.75) is 206 Å². The molecular weight excluding hydrogens is 744 g/mol. The summed E-state index contributed by atoms with van der Waals surface area (Å²) < 4.78 is 23.6. The van der Waals surface area contributed by atoms with E-state index in [1.807, 2.05) is 27.2 Å². The monoisotopic (exact) mass is 836 g/mol. The molecule has 0 aliphatic carbocycles. The molecule has 3 unspecified atom stereocenters. The molecule has 9 heteroatoms. The second-order valence-electron chi connectivity index (χ2n) is 17.1. The van der Waals surface area contributed by atoms with Crippen molar-refractivity contribution in [2.24, 2.45) is 0 Å². The number of phosphoric acid groups is 1. The molecule has 1 amide bonds. The van der Waals surface area contributed by atoms with Gasteiger partial charge in [-0.25, -0.2) is 4.57 Å². The van der Waals surface area contributed by atoms with Crippen LogP contribution in [0.4, 0.5) is 0 Å². The van der Waals surface area contributed by atoms with Crippen LogP contribution in [0.5, 0.6) is 0 Å². The Morgan fingerprint density at radius 1 is 0.586 bits per heavy atom. The summed E-state index contributed by atoms with van der Waals surface area (Å²) in [5.74, 6) is -0.207. The molecule has 0 rings (SSSR count). The summed E-state index contributed by atoms with van der Waals surface area (Å²) in [7, 11) is 1.53. The molecule has 0 aliphatic rings. The molecule has 0 fully saturated rings. The Morgan fingerprint density at radius 3 is 1.50 bits per heavy atom. The Balaban J connectivity index is 4.50. The maximum absolute atomic E-state index is 12.9. The van der Waals surface area contributed by atoms with E-state index in [-0.39, 0.29) is 19.1 Å². The molecule has 0 heterocycles. The molecule has 8 nitrogen and oxygen atoms in total. The highest BCUT2D eigenvalue weighted by Gasteiger charge is 2.27. The van der Waals surface area contributed by atoms with Crippen molar-refractivity contribution in [3.05, 3.63) is 60.8 Å². The Morgan fingerprint density at radius 2 is 1.00 bits per heavy atom. The highest BCUT2D eigenvalue weighted by molar-refractivity contribution is 7.47. The van der Waals surface area contributed by atoms with Crippen molar-refractivity contribution in [2.75, 3.05) is 40.9 Å². The van der Waals surface area contributed by atoms with Gasteiger partial charge in [0.2, 0.25) is 5.91 Å². The molecule has 0 bridgehead atoms. The molecule has 338 valence electrons. The zero-order valence-electron chi connectivity index (χ0n) is 38.3. The van der Waals surface area contributed by atoms with Crippen LogP contribution in [0, 0.1) is 0 Å². The van der Waals surface area contributed by atoms with Gasteiger partial charge >= 0.3 is 7.82 Å². The van der Waals surface area contributed by atoms with Crippen molar-refractivity contribution in [1.82, 2.24) is 5.32 Å². The minimum Gasteiger partial charge on any atom is -0.387 e. The Kier molecular flexibility index (Phi) is 39.3. The van der Waals surface area contributed by atoms with E-state index in [9.17, 15) is 19.4 Å². The standard InChI is InChI=1S/C49H91N2O6P/c1-6-8-10-12-14-16-18-20-22-24-25-26-27-28-30-32-34-36-38-40-42-48(52)47(46-57-58(54,55)56-45-44-51(3,4)5)50-49(53)43-41-39-37-35-33-31-29-23-21-19-17-15-13-11-9-7-2/h17,19,23,26-27,29,32,34,40,42,47-48,52H,6-16,18,20-22,24-25,28,30-31,33,35-39,41,43-46H2,1-5H3,(H-,50,53,54,55)/p+1/b19-17-,27-26+,29-23-,34-32+,42-40+. The molecular formula is C49H92N2O6P+. The number of carbonyl (C=O) groups excluding carboxylic acids is 1. The maximum Gasteiger partial charge on any atom is 0.472 e. The van der Waals surface area contributed by atoms with Gasteiger partial charge < -0.3 is 19.8 Å². The number of unbranched alkanes of at least 4 members (excludes halogenated alkanes) is 21. The maximum atomic E-state index is 12.9. The van der Waals surface area contributed by atoms with Crippen molar-refractivity contribution < 1.29 is 32.9 Å². The minimum absolute atomic E-state index is 0.0485. The summed E-state index contributed by atoms with van der Waals surface area (Å²) in [6.45, 7) is 4.75. The Hall–Kier alpha value is -1.80. The number of aliphatic hydroxyl groups is 1.